The molecule has 3 aromatic heterocycles. The van der Waals surface area contributed by atoms with Gasteiger partial charge in [-0.3, -0.25) is 9.25 Å². The minimum Gasteiger partial charge on any atom is -0.369 e. The van der Waals surface area contributed by atoms with Gasteiger partial charge in [0.1, 0.15) is 11.8 Å². The predicted octanol–water partition coefficient (Wildman–Crippen LogP) is 0.964. The van der Waals surface area contributed by atoms with Crippen molar-refractivity contribution in [3.05, 3.63) is 17.8 Å². The van der Waals surface area contributed by atoms with Gasteiger partial charge in [0.05, 0.1) is 12.2 Å². The van der Waals surface area contributed by atoms with E-state index in [1.165, 1.54) is 0 Å². The Labute approximate surface area is 122 Å². The van der Waals surface area contributed by atoms with E-state index in [0.29, 0.717) is 12.5 Å². The summed E-state index contributed by atoms with van der Waals surface area (Å²) in [6, 6.07) is 0. The molecule has 2 N–H and O–H groups in total. The lowest BCUT2D eigenvalue weighted by molar-refractivity contribution is 0.647. The van der Waals surface area contributed by atoms with Crippen LogP contribution in [0.5, 0.6) is 0 Å². The third kappa shape index (κ3) is 2.16. The van der Waals surface area contributed by atoms with Crippen LogP contribution in [-0.2, 0) is 26.6 Å². The average molecular weight is 288 g/mol. The van der Waals surface area contributed by atoms with E-state index in [1.807, 2.05) is 20.9 Å². The molecule has 0 saturated carbocycles. The number of nitrogens with zero attached hydrogens (tertiary/aromatic N) is 7. The van der Waals surface area contributed by atoms with Crippen LogP contribution in [0.3, 0.4) is 0 Å². The fraction of sp³-hybridized carbons (Fsp3) is 0.538. The monoisotopic (exact) mass is 288 g/mol. The molecule has 0 aromatic carbocycles. The summed E-state index contributed by atoms with van der Waals surface area (Å²) in [4.78, 5) is 4.49. The van der Waals surface area contributed by atoms with Crippen LogP contribution in [-0.4, -0.2) is 34.1 Å². The molecule has 8 nitrogen and oxygen atoms in total. The van der Waals surface area contributed by atoms with E-state index in [2.05, 4.69) is 34.1 Å². The first-order valence-corrected chi connectivity index (χ1v) is 7.19. The maximum atomic E-state index is 6.09. The highest BCUT2D eigenvalue weighted by molar-refractivity contribution is 5.77. The second-order valence-corrected chi connectivity index (χ2v) is 5.08. The Morgan fingerprint density at radius 1 is 1.29 bits per heavy atom. The number of anilines is 1. The van der Waals surface area contributed by atoms with Gasteiger partial charge in [-0.05, 0) is 13.3 Å². The van der Waals surface area contributed by atoms with Gasteiger partial charge in [0.15, 0.2) is 11.5 Å². The highest BCUT2D eigenvalue weighted by atomic mass is 15.4. The van der Waals surface area contributed by atoms with Crippen molar-refractivity contribution >= 4 is 17.1 Å². The largest absolute Gasteiger partial charge is 0.369 e. The Morgan fingerprint density at radius 2 is 2.10 bits per heavy atom. The number of imidazole rings is 1. The molecule has 0 fully saturated rings. The van der Waals surface area contributed by atoms with Crippen molar-refractivity contribution in [3.63, 3.8) is 0 Å². The summed E-state index contributed by atoms with van der Waals surface area (Å²) < 4.78 is 5.78. The molecule has 21 heavy (non-hydrogen) atoms. The maximum absolute atomic E-state index is 6.09. The van der Waals surface area contributed by atoms with Gasteiger partial charge < -0.3 is 10.3 Å². The molecular formula is C13H20N8. The Balaban J connectivity index is 2.08. The summed E-state index contributed by atoms with van der Waals surface area (Å²) >= 11 is 0. The number of aryl methyl sites for hydroxylation is 3. The van der Waals surface area contributed by atoms with E-state index in [0.717, 1.165) is 42.1 Å². The molecule has 0 radical (unpaired) electrons. The van der Waals surface area contributed by atoms with Crippen LogP contribution in [0.2, 0.25) is 0 Å². The van der Waals surface area contributed by atoms with Crippen LogP contribution in [0.1, 0.15) is 31.8 Å². The van der Waals surface area contributed by atoms with Crippen molar-refractivity contribution in [2.24, 2.45) is 7.05 Å². The zero-order valence-electron chi connectivity index (χ0n) is 12.6. The number of aromatic nitrogens is 7. The average Bonchev–Trinajstić information content (AvgIpc) is 3.10. The number of hydrogen-bond donors (Lipinski definition) is 1. The van der Waals surface area contributed by atoms with Crippen LogP contribution in [0, 0.1) is 0 Å². The summed E-state index contributed by atoms with van der Waals surface area (Å²) in [6.45, 7) is 5.56. The Bertz CT molecular complexity index is 763. The first-order chi connectivity index (χ1) is 10.2. The summed E-state index contributed by atoms with van der Waals surface area (Å²) in [5.74, 6) is 1.35. The molecule has 0 unspecified atom stereocenters. The number of nitrogens with two attached hydrogens (primary N) is 1. The van der Waals surface area contributed by atoms with Gasteiger partial charge in [-0.2, -0.15) is 5.10 Å². The smallest absolute Gasteiger partial charge is 0.202 e. The second kappa shape index (κ2) is 5.19. The van der Waals surface area contributed by atoms with Gasteiger partial charge in [-0.1, -0.05) is 13.3 Å². The van der Waals surface area contributed by atoms with Gasteiger partial charge in [-0.15, -0.1) is 10.2 Å². The predicted molar refractivity (Wildman–Crippen MR) is 79.7 cm³/mol. The minimum atomic E-state index is 0.487. The zero-order valence-corrected chi connectivity index (χ0v) is 12.6. The quantitative estimate of drug-likeness (QED) is 0.755. The second-order valence-electron chi connectivity index (χ2n) is 5.08. The maximum Gasteiger partial charge on any atom is 0.202 e. The standard InChI is InChI=1S/C13H20N8/c1-4-6-9-11-12(19(3)18-9)21(13(14)16-11)7-10-17-15-8-20(10)5-2/h8H,4-7H2,1-3H3,(H2,14,16). The van der Waals surface area contributed by atoms with E-state index >= 15 is 0 Å². The van der Waals surface area contributed by atoms with Crippen molar-refractivity contribution in [2.75, 3.05) is 5.73 Å². The van der Waals surface area contributed by atoms with E-state index in [4.69, 9.17) is 5.73 Å². The third-order valence-corrected chi connectivity index (χ3v) is 3.64. The fourth-order valence-corrected chi connectivity index (χ4v) is 2.63. The fourth-order valence-electron chi connectivity index (χ4n) is 2.63. The number of fused-ring (bicyclic) bond motifs is 1. The lowest BCUT2D eigenvalue weighted by atomic mass is 10.2. The Morgan fingerprint density at radius 3 is 2.81 bits per heavy atom. The molecule has 0 bridgehead atoms. The molecule has 0 aliphatic rings. The molecule has 3 aromatic rings. The van der Waals surface area contributed by atoms with Crippen molar-refractivity contribution in [3.8, 4) is 0 Å². The van der Waals surface area contributed by atoms with E-state index < -0.39 is 0 Å². The first kappa shape index (κ1) is 13.6. The lowest BCUT2D eigenvalue weighted by Crippen LogP contribution is -2.12. The van der Waals surface area contributed by atoms with Gasteiger partial charge in [0.2, 0.25) is 5.95 Å². The van der Waals surface area contributed by atoms with E-state index in [9.17, 15) is 0 Å². The van der Waals surface area contributed by atoms with Crippen molar-refractivity contribution < 1.29 is 0 Å². The normalized spacial score (nSPS) is 11.6. The molecule has 0 aliphatic carbocycles. The van der Waals surface area contributed by atoms with Gasteiger partial charge in [0, 0.05) is 13.6 Å². The van der Waals surface area contributed by atoms with Crippen molar-refractivity contribution in [1.82, 2.24) is 34.1 Å². The summed E-state index contributed by atoms with van der Waals surface area (Å²) in [6.07, 6.45) is 3.66. The first-order valence-electron chi connectivity index (χ1n) is 7.19. The Kier molecular flexibility index (Phi) is 3.36. The molecule has 0 atom stereocenters. The molecule has 0 amide bonds. The zero-order chi connectivity index (χ0) is 15.0. The minimum absolute atomic E-state index is 0.487. The molecule has 8 heteroatoms. The number of nitrogen functional groups attached to an aromatic ring is 1. The van der Waals surface area contributed by atoms with Crippen LogP contribution in [0.15, 0.2) is 6.33 Å². The lowest BCUT2D eigenvalue weighted by Gasteiger charge is -2.07. The third-order valence-electron chi connectivity index (χ3n) is 3.64. The number of rotatable bonds is 5. The van der Waals surface area contributed by atoms with Gasteiger partial charge in [0.25, 0.3) is 0 Å². The van der Waals surface area contributed by atoms with Crippen LogP contribution in [0.25, 0.3) is 11.2 Å². The Hall–Kier alpha value is -2.38. The SMILES string of the molecule is CCCc1nn(C)c2c1nc(N)n2Cc1nncn1CC. The van der Waals surface area contributed by atoms with Crippen molar-refractivity contribution in [1.29, 1.82) is 0 Å². The van der Waals surface area contributed by atoms with E-state index in [-0.39, 0.29) is 0 Å². The summed E-state index contributed by atoms with van der Waals surface area (Å²) in [5.41, 5.74) is 8.91. The molecule has 0 saturated heterocycles. The molecule has 0 aliphatic heterocycles. The topological polar surface area (TPSA) is 92.4 Å². The highest BCUT2D eigenvalue weighted by Crippen LogP contribution is 2.22. The molecule has 3 heterocycles. The van der Waals surface area contributed by atoms with Gasteiger partial charge in [-0.25, -0.2) is 4.98 Å². The molecule has 112 valence electrons. The van der Waals surface area contributed by atoms with E-state index in [1.54, 1.807) is 6.33 Å². The van der Waals surface area contributed by atoms with Gasteiger partial charge >= 0.3 is 0 Å². The highest BCUT2D eigenvalue weighted by Gasteiger charge is 2.18. The number of hydrogen-bond acceptors (Lipinski definition) is 5. The molecule has 0 spiro atoms. The summed E-state index contributed by atoms with van der Waals surface area (Å²) in [7, 11) is 1.92. The molecular weight excluding hydrogens is 268 g/mol. The molecule has 3 rings (SSSR count). The van der Waals surface area contributed by atoms with Crippen LogP contribution in [0.4, 0.5) is 5.95 Å². The van der Waals surface area contributed by atoms with Crippen LogP contribution < -0.4 is 5.73 Å². The van der Waals surface area contributed by atoms with Crippen molar-refractivity contribution in [2.45, 2.75) is 39.8 Å². The van der Waals surface area contributed by atoms with Crippen LogP contribution >= 0.6 is 0 Å². The summed E-state index contributed by atoms with van der Waals surface area (Å²) in [5, 5.41) is 12.7.